The van der Waals surface area contributed by atoms with Crippen molar-refractivity contribution in [3.8, 4) is 0 Å². The number of unbranched alkanes of at least 4 members (excludes halogenated alkanes) is 3. The van der Waals surface area contributed by atoms with Crippen LogP contribution >= 0.6 is 0 Å². The summed E-state index contributed by atoms with van der Waals surface area (Å²) in [7, 11) is 0. The van der Waals surface area contributed by atoms with Gasteiger partial charge in [-0.25, -0.2) is 0 Å². The quantitative estimate of drug-likeness (QED) is 0.533. The molecule has 0 saturated heterocycles. The minimum atomic E-state index is 0.270. The van der Waals surface area contributed by atoms with Crippen molar-refractivity contribution < 1.29 is 9.59 Å². The molecule has 0 heterocycles. The second-order valence-electron chi connectivity index (χ2n) is 3.90. The van der Waals surface area contributed by atoms with Crippen LogP contribution in [0.25, 0.3) is 0 Å². The van der Waals surface area contributed by atoms with Gasteiger partial charge >= 0.3 is 0 Å². The van der Waals surface area contributed by atoms with E-state index in [0.29, 0.717) is 12.2 Å². The Morgan fingerprint density at radius 1 is 0.857 bits per heavy atom. The van der Waals surface area contributed by atoms with Crippen LogP contribution in [-0.2, 0) is 9.59 Å². The van der Waals surface area contributed by atoms with Gasteiger partial charge < -0.3 is 4.79 Å². The van der Waals surface area contributed by atoms with Crippen molar-refractivity contribution in [3.63, 3.8) is 0 Å². The van der Waals surface area contributed by atoms with Crippen LogP contribution in [0.3, 0.4) is 0 Å². The average Bonchev–Trinajstić information content (AvgIpc) is 2.11. The summed E-state index contributed by atoms with van der Waals surface area (Å²) in [5, 5.41) is 0. The molecule has 2 heteroatoms. The molecule has 0 bridgehead atoms. The molecular weight excluding hydrogens is 176 g/mol. The van der Waals surface area contributed by atoms with Crippen LogP contribution in [-0.4, -0.2) is 11.6 Å². The summed E-state index contributed by atoms with van der Waals surface area (Å²) in [4.78, 5) is 21.7. The van der Waals surface area contributed by atoms with E-state index in [1.165, 1.54) is 0 Å². The standard InChI is InChI=1S/C12H22O2/c1-3-8-12(14)10-7-5-4-6-9-11(2)13/h3-10H2,1-2H3. The van der Waals surface area contributed by atoms with Gasteiger partial charge in [0.1, 0.15) is 11.6 Å². The SMILES string of the molecule is CCCC(=O)CCCCCCC(C)=O. The topological polar surface area (TPSA) is 34.1 Å². The molecule has 0 atom stereocenters. The molecule has 0 fully saturated rings. The molecule has 0 aromatic heterocycles. The van der Waals surface area contributed by atoms with Gasteiger partial charge in [0.15, 0.2) is 0 Å². The van der Waals surface area contributed by atoms with Gasteiger partial charge in [-0.15, -0.1) is 0 Å². The van der Waals surface area contributed by atoms with E-state index in [1.54, 1.807) is 6.92 Å². The molecule has 0 unspecified atom stereocenters. The lowest BCUT2D eigenvalue weighted by molar-refractivity contribution is -0.119. The Kier molecular flexibility index (Phi) is 8.50. The van der Waals surface area contributed by atoms with Crippen molar-refractivity contribution in [1.29, 1.82) is 0 Å². The van der Waals surface area contributed by atoms with Crippen molar-refractivity contribution in [1.82, 2.24) is 0 Å². The number of carbonyl (C=O) groups excluding carboxylic acids is 2. The Morgan fingerprint density at radius 2 is 1.43 bits per heavy atom. The summed E-state index contributed by atoms with van der Waals surface area (Å²) in [6.07, 6.45) is 7.27. The molecule has 0 aromatic carbocycles. The first-order valence-electron chi connectivity index (χ1n) is 5.68. The molecule has 0 rings (SSSR count). The van der Waals surface area contributed by atoms with E-state index >= 15 is 0 Å². The van der Waals surface area contributed by atoms with Gasteiger partial charge in [0, 0.05) is 19.3 Å². The molecular formula is C12H22O2. The number of rotatable bonds is 9. The zero-order valence-corrected chi connectivity index (χ0v) is 9.47. The summed E-state index contributed by atoms with van der Waals surface area (Å²) >= 11 is 0. The molecule has 0 aliphatic heterocycles. The van der Waals surface area contributed by atoms with E-state index in [2.05, 4.69) is 0 Å². The normalized spacial score (nSPS) is 10.1. The predicted octanol–water partition coefficient (Wildman–Crippen LogP) is 3.29. The van der Waals surface area contributed by atoms with Crippen molar-refractivity contribution in [3.05, 3.63) is 0 Å². The van der Waals surface area contributed by atoms with E-state index in [1.807, 2.05) is 6.92 Å². The summed E-state index contributed by atoms with van der Waals surface area (Å²) in [5.74, 6) is 0.658. The van der Waals surface area contributed by atoms with Crippen molar-refractivity contribution in [2.45, 2.75) is 65.2 Å². The third kappa shape index (κ3) is 9.43. The lowest BCUT2D eigenvalue weighted by atomic mass is 10.1. The van der Waals surface area contributed by atoms with Gasteiger partial charge in [-0.3, -0.25) is 4.79 Å². The second-order valence-corrected chi connectivity index (χ2v) is 3.90. The van der Waals surface area contributed by atoms with Gasteiger partial charge in [0.05, 0.1) is 0 Å². The number of carbonyl (C=O) groups is 2. The highest BCUT2D eigenvalue weighted by molar-refractivity contribution is 5.78. The van der Waals surface area contributed by atoms with Crippen LogP contribution < -0.4 is 0 Å². The van der Waals surface area contributed by atoms with Crippen molar-refractivity contribution in [2.24, 2.45) is 0 Å². The van der Waals surface area contributed by atoms with E-state index in [4.69, 9.17) is 0 Å². The van der Waals surface area contributed by atoms with Crippen molar-refractivity contribution >= 4 is 11.6 Å². The van der Waals surface area contributed by atoms with E-state index in [-0.39, 0.29) is 5.78 Å². The van der Waals surface area contributed by atoms with Crippen molar-refractivity contribution in [2.75, 3.05) is 0 Å². The van der Waals surface area contributed by atoms with Gasteiger partial charge in [-0.05, 0) is 26.2 Å². The maximum absolute atomic E-state index is 11.1. The second kappa shape index (κ2) is 8.92. The molecule has 14 heavy (non-hydrogen) atoms. The summed E-state index contributed by atoms with van der Waals surface area (Å²) in [6.45, 7) is 3.66. The maximum atomic E-state index is 11.1. The van der Waals surface area contributed by atoms with Crippen LogP contribution in [0.15, 0.2) is 0 Å². The van der Waals surface area contributed by atoms with Crippen LogP contribution in [0.5, 0.6) is 0 Å². The van der Waals surface area contributed by atoms with Gasteiger partial charge in [-0.2, -0.15) is 0 Å². The first-order valence-corrected chi connectivity index (χ1v) is 5.68. The average molecular weight is 198 g/mol. The maximum Gasteiger partial charge on any atom is 0.132 e. The molecule has 0 aliphatic carbocycles. The highest BCUT2D eigenvalue weighted by Gasteiger charge is 1.99. The fourth-order valence-electron chi connectivity index (χ4n) is 1.45. The van der Waals surface area contributed by atoms with E-state index in [0.717, 1.165) is 44.9 Å². The fraction of sp³-hybridized carbons (Fsp3) is 0.833. The largest absolute Gasteiger partial charge is 0.300 e. The van der Waals surface area contributed by atoms with Crippen LogP contribution in [0, 0.1) is 0 Å². The van der Waals surface area contributed by atoms with Crippen LogP contribution in [0.2, 0.25) is 0 Å². The highest BCUT2D eigenvalue weighted by Crippen LogP contribution is 2.07. The molecule has 2 nitrogen and oxygen atoms in total. The summed E-state index contributed by atoms with van der Waals surface area (Å²) in [6, 6.07) is 0. The highest BCUT2D eigenvalue weighted by atomic mass is 16.1. The smallest absolute Gasteiger partial charge is 0.132 e. The molecule has 0 saturated carbocycles. The third-order valence-corrected chi connectivity index (χ3v) is 2.26. The molecule has 0 aromatic rings. The molecule has 0 radical (unpaired) electrons. The number of hydrogen-bond acceptors (Lipinski definition) is 2. The summed E-state index contributed by atoms with van der Waals surface area (Å²) < 4.78 is 0. The Morgan fingerprint density at radius 3 is 1.93 bits per heavy atom. The number of hydrogen-bond donors (Lipinski definition) is 0. The zero-order valence-electron chi connectivity index (χ0n) is 9.47. The fourth-order valence-corrected chi connectivity index (χ4v) is 1.45. The molecule has 0 amide bonds. The van der Waals surface area contributed by atoms with Gasteiger partial charge in [0.25, 0.3) is 0 Å². The first-order chi connectivity index (χ1) is 6.66. The van der Waals surface area contributed by atoms with E-state index in [9.17, 15) is 9.59 Å². The Labute approximate surface area is 87.1 Å². The minimum Gasteiger partial charge on any atom is -0.300 e. The van der Waals surface area contributed by atoms with Gasteiger partial charge in [0.2, 0.25) is 0 Å². The Hall–Kier alpha value is -0.660. The zero-order chi connectivity index (χ0) is 10.8. The monoisotopic (exact) mass is 198 g/mol. The van der Waals surface area contributed by atoms with Crippen LogP contribution in [0.1, 0.15) is 65.2 Å². The number of ketones is 2. The summed E-state index contributed by atoms with van der Waals surface area (Å²) in [5.41, 5.74) is 0. The van der Waals surface area contributed by atoms with Crippen LogP contribution in [0.4, 0.5) is 0 Å². The lowest BCUT2D eigenvalue weighted by Gasteiger charge is -1.99. The number of Topliss-reactive ketones (excluding diaryl/α,β-unsaturated/α-hetero) is 2. The molecule has 0 aliphatic rings. The Bertz CT molecular complexity index is 173. The van der Waals surface area contributed by atoms with Gasteiger partial charge in [-0.1, -0.05) is 19.8 Å². The molecule has 0 spiro atoms. The minimum absolute atomic E-state index is 0.270. The first kappa shape index (κ1) is 13.3. The lowest BCUT2D eigenvalue weighted by Crippen LogP contribution is -1.96. The Balaban J connectivity index is 3.13. The molecule has 82 valence electrons. The molecule has 0 N–H and O–H groups in total. The predicted molar refractivity (Wildman–Crippen MR) is 58.3 cm³/mol. The van der Waals surface area contributed by atoms with E-state index < -0.39 is 0 Å². The third-order valence-electron chi connectivity index (χ3n) is 2.26.